The zero-order valence-electron chi connectivity index (χ0n) is 18.1. The van der Waals surface area contributed by atoms with Crippen LogP contribution >= 0.6 is 0 Å². The molecule has 5 N–H and O–H groups in total. The molecular weight excluding hydrogens is 376 g/mol. The second-order valence-electron chi connectivity index (χ2n) is 11.3. The van der Waals surface area contributed by atoms with Crippen LogP contribution in [0.5, 0.6) is 0 Å². The van der Waals surface area contributed by atoms with Crippen molar-refractivity contribution in [2.75, 3.05) is 0 Å². The van der Waals surface area contributed by atoms with Gasteiger partial charge in [-0.05, 0) is 51.9 Å². The molecular formula is C22H36O7. The van der Waals surface area contributed by atoms with E-state index in [1.54, 1.807) is 27.7 Å². The topological polar surface area (TPSA) is 127 Å². The van der Waals surface area contributed by atoms with Crippen LogP contribution in [0.15, 0.2) is 0 Å². The lowest BCUT2D eigenvalue weighted by molar-refractivity contribution is -0.202. The van der Waals surface area contributed by atoms with Crippen LogP contribution < -0.4 is 0 Å². The minimum atomic E-state index is -1.70. The second-order valence-corrected chi connectivity index (χ2v) is 11.3. The van der Waals surface area contributed by atoms with Crippen molar-refractivity contribution in [3.05, 3.63) is 0 Å². The predicted molar refractivity (Wildman–Crippen MR) is 104 cm³/mol. The van der Waals surface area contributed by atoms with Crippen LogP contribution in [0.4, 0.5) is 0 Å². The van der Waals surface area contributed by atoms with E-state index in [0.717, 1.165) is 0 Å². The highest BCUT2D eigenvalue weighted by molar-refractivity contribution is 5.66. The van der Waals surface area contributed by atoms with Gasteiger partial charge in [0.05, 0.1) is 23.4 Å². The first-order chi connectivity index (χ1) is 13.1. The Bertz CT molecular complexity index is 716. The summed E-state index contributed by atoms with van der Waals surface area (Å²) in [5.41, 5.74) is -6.08. The fraction of sp³-hybridized carbons (Fsp3) is 0.955. The van der Waals surface area contributed by atoms with Crippen LogP contribution in [0.3, 0.4) is 0 Å². The molecule has 7 nitrogen and oxygen atoms in total. The molecule has 0 aliphatic heterocycles. The number of aliphatic hydroxyl groups excluding tert-OH is 2. The molecule has 0 amide bonds. The molecule has 0 aromatic carbocycles. The molecule has 4 saturated carbocycles. The third-order valence-corrected chi connectivity index (χ3v) is 9.52. The first-order valence-electron chi connectivity index (χ1n) is 10.8. The number of hydrogen-bond acceptors (Lipinski definition) is 7. The Kier molecular flexibility index (Phi) is 4.41. The lowest BCUT2D eigenvalue weighted by Gasteiger charge is -2.51. The Morgan fingerprint density at radius 3 is 2.17 bits per heavy atom. The maximum Gasteiger partial charge on any atom is 0.302 e. The van der Waals surface area contributed by atoms with E-state index in [1.165, 1.54) is 6.92 Å². The van der Waals surface area contributed by atoms with E-state index < -0.39 is 57.8 Å². The van der Waals surface area contributed by atoms with Gasteiger partial charge in [-0.3, -0.25) is 4.79 Å². The summed E-state index contributed by atoms with van der Waals surface area (Å²) in [6.07, 6.45) is -0.985. The Labute approximate surface area is 172 Å². The molecule has 0 radical (unpaired) electrons. The number of carbonyl (C=O) groups is 1. The normalized spacial score (nSPS) is 58.3. The highest BCUT2D eigenvalue weighted by Gasteiger charge is 2.77. The third-order valence-electron chi connectivity index (χ3n) is 9.52. The van der Waals surface area contributed by atoms with Gasteiger partial charge in [-0.25, -0.2) is 0 Å². The molecule has 2 bridgehead atoms. The van der Waals surface area contributed by atoms with E-state index in [0.29, 0.717) is 12.8 Å². The van der Waals surface area contributed by atoms with Gasteiger partial charge in [0.1, 0.15) is 11.7 Å². The third kappa shape index (κ3) is 2.45. The van der Waals surface area contributed by atoms with Crippen LogP contribution in [-0.4, -0.2) is 66.6 Å². The van der Waals surface area contributed by atoms with Crippen LogP contribution in [0.2, 0.25) is 0 Å². The van der Waals surface area contributed by atoms with E-state index in [-0.39, 0.29) is 31.1 Å². The Hall–Kier alpha value is -0.730. The minimum Gasteiger partial charge on any atom is -0.462 e. The summed E-state index contributed by atoms with van der Waals surface area (Å²) in [5, 5.41) is 57.0. The lowest BCUT2D eigenvalue weighted by Crippen LogP contribution is -2.60. The summed E-state index contributed by atoms with van der Waals surface area (Å²) in [6.45, 7) is 8.20. The fourth-order valence-electron chi connectivity index (χ4n) is 8.14. The molecule has 10 atom stereocenters. The van der Waals surface area contributed by atoms with E-state index in [9.17, 15) is 30.3 Å². The predicted octanol–water partition coefficient (Wildman–Crippen LogP) is 0.739. The molecule has 0 heterocycles. The Morgan fingerprint density at radius 1 is 0.966 bits per heavy atom. The smallest absolute Gasteiger partial charge is 0.302 e. The van der Waals surface area contributed by atoms with Crippen molar-refractivity contribution in [3.63, 3.8) is 0 Å². The number of aliphatic hydroxyl groups is 5. The van der Waals surface area contributed by atoms with Gasteiger partial charge in [0.25, 0.3) is 0 Å². The zero-order valence-corrected chi connectivity index (χ0v) is 18.1. The minimum absolute atomic E-state index is 0.0988. The Balaban J connectivity index is 1.90. The molecule has 166 valence electrons. The highest BCUT2D eigenvalue weighted by Crippen LogP contribution is 2.70. The quantitative estimate of drug-likeness (QED) is 0.402. The average Bonchev–Trinajstić information content (AvgIpc) is 2.80. The summed E-state index contributed by atoms with van der Waals surface area (Å²) < 4.78 is 5.75. The maximum absolute atomic E-state index is 11.9. The van der Waals surface area contributed by atoms with Crippen molar-refractivity contribution >= 4 is 5.97 Å². The fourth-order valence-corrected chi connectivity index (χ4v) is 8.14. The van der Waals surface area contributed by atoms with Gasteiger partial charge >= 0.3 is 5.97 Å². The number of ether oxygens (including phenoxy) is 1. The second kappa shape index (κ2) is 5.94. The van der Waals surface area contributed by atoms with Crippen LogP contribution in [-0.2, 0) is 9.53 Å². The zero-order chi connectivity index (χ0) is 21.8. The van der Waals surface area contributed by atoms with Crippen molar-refractivity contribution in [3.8, 4) is 0 Å². The van der Waals surface area contributed by atoms with Crippen molar-refractivity contribution in [1.29, 1.82) is 0 Å². The van der Waals surface area contributed by atoms with E-state index in [4.69, 9.17) is 4.74 Å². The van der Waals surface area contributed by atoms with Gasteiger partial charge in [-0.2, -0.15) is 0 Å². The molecule has 4 aliphatic carbocycles. The molecule has 0 saturated heterocycles. The van der Waals surface area contributed by atoms with Crippen LogP contribution in [0.1, 0.15) is 66.7 Å². The SMILES string of the molecule is CC(=O)O[C@@H]1[C@H]2CC[C@H]3[C@@](C)(O)[C@@H]4C[C@H](O)C(C)(C)[C@@]4(O)[C@H](O)C[C@@]13C[C@@]2(C)O. The largest absolute Gasteiger partial charge is 0.462 e. The van der Waals surface area contributed by atoms with Gasteiger partial charge in [0.15, 0.2) is 0 Å². The van der Waals surface area contributed by atoms with Crippen molar-refractivity contribution in [2.45, 2.75) is 102 Å². The number of fused-ring (bicyclic) bond motifs is 2. The molecule has 0 aromatic rings. The number of carbonyl (C=O) groups excluding carboxylic acids is 1. The summed E-state index contributed by atoms with van der Waals surface area (Å²) in [5.74, 6) is -1.86. The molecule has 1 spiro atoms. The van der Waals surface area contributed by atoms with E-state index >= 15 is 0 Å². The monoisotopic (exact) mass is 412 g/mol. The number of rotatable bonds is 1. The molecule has 29 heavy (non-hydrogen) atoms. The van der Waals surface area contributed by atoms with E-state index in [1.807, 2.05) is 0 Å². The number of hydrogen-bond donors (Lipinski definition) is 5. The summed E-state index contributed by atoms with van der Waals surface area (Å²) in [7, 11) is 0. The standard InChI is InChI=1S/C22H36O7/c1-11(23)29-17-12-6-7-13-20(5,27)14-8-15(24)18(2,3)22(14,28)16(25)9-21(13,17)10-19(12,4)26/h12-17,24-28H,6-10H2,1-5H3/t12-,13+,14+,15+,16-,17-,19-,20-,21+,22+/m1/s1. The molecule has 4 fully saturated rings. The first kappa shape index (κ1) is 21.5. The first-order valence-corrected chi connectivity index (χ1v) is 10.8. The van der Waals surface area contributed by atoms with Gasteiger partial charge in [0, 0.05) is 29.6 Å². The number of esters is 1. The van der Waals surface area contributed by atoms with Crippen LogP contribution in [0, 0.1) is 28.6 Å². The van der Waals surface area contributed by atoms with E-state index in [2.05, 4.69) is 0 Å². The maximum atomic E-state index is 11.9. The summed E-state index contributed by atoms with van der Waals surface area (Å²) in [4.78, 5) is 11.9. The van der Waals surface area contributed by atoms with Crippen molar-refractivity contribution in [1.82, 2.24) is 0 Å². The van der Waals surface area contributed by atoms with Crippen molar-refractivity contribution in [2.24, 2.45) is 28.6 Å². The summed E-state index contributed by atoms with van der Waals surface area (Å²) in [6, 6.07) is 0. The average molecular weight is 413 g/mol. The molecule has 0 aromatic heterocycles. The molecule has 7 heteroatoms. The molecule has 4 rings (SSSR count). The van der Waals surface area contributed by atoms with Gasteiger partial charge in [0.2, 0.25) is 0 Å². The van der Waals surface area contributed by atoms with Gasteiger partial charge in [-0.1, -0.05) is 13.8 Å². The van der Waals surface area contributed by atoms with Gasteiger partial charge < -0.3 is 30.3 Å². The van der Waals surface area contributed by atoms with Gasteiger partial charge in [-0.15, -0.1) is 0 Å². The molecule has 4 aliphatic rings. The van der Waals surface area contributed by atoms with Crippen molar-refractivity contribution < 1.29 is 35.1 Å². The molecule has 0 unspecified atom stereocenters. The highest BCUT2D eigenvalue weighted by atomic mass is 16.5. The lowest BCUT2D eigenvalue weighted by atomic mass is 9.57. The van der Waals surface area contributed by atoms with Crippen LogP contribution in [0.25, 0.3) is 0 Å². The Morgan fingerprint density at radius 2 is 1.59 bits per heavy atom. The summed E-state index contributed by atoms with van der Waals surface area (Å²) >= 11 is 0.